The standard InChI is InChI=1S/C21H30N2O3/c1-16(2)26-15-17(3)22-21(25)19-12-9-11-18(14-19)10-7-6-8-13-20(24)23(4)5/h7,9-12,14,17H,1,6,8,13,15H2,2-5H3,(H,22,25). The van der Waals surface area contributed by atoms with E-state index in [4.69, 9.17) is 4.74 Å². The van der Waals surface area contributed by atoms with E-state index in [0.717, 1.165) is 18.4 Å². The summed E-state index contributed by atoms with van der Waals surface area (Å²) >= 11 is 0. The van der Waals surface area contributed by atoms with E-state index in [0.29, 0.717) is 24.4 Å². The molecule has 142 valence electrons. The molecular weight excluding hydrogens is 328 g/mol. The Bertz CT molecular complexity index is 650. The van der Waals surface area contributed by atoms with Crippen molar-refractivity contribution in [3.8, 4) is 0 Å². The van der Waals surface area contributed by atoms with E-state index in [1.807, 2.05) is 37.3 Å². The summed E-state index contributed by atoms with van der Waals surface area (Å²) in [4.78, 5) is 25.4. The highest BCUT2D eigenvalue weighted by Crippen LogP contribution is 2.09. The average Bonchev–Trinajstić information content (AvgIpc) is 2.59. The van der Waals surface area contributed by atoms with Gasteiger partial charge in [-0.2, -0.15) is 0 Å². The Balaban J connectivity index is 2.51. The lowest BCUT2D eigenvalue weighted by Gasteiger charge is -2.15. The normalized spacial score (nSPS) is 11.8. The molecule has 1 unspecified atom stereocenters. The number of carbonyl (C=O) groups excluding carboxylic acids is 2. The number of nitrogens with zero attached hydrogens (tertiary/aromatic N) is 1. The maximum atomic E-state index is 12.3. The van der Waals surface area contributed by atoms with Crippen molar-refractivity contribution in [2.24, 2.45) is 0 Å². The second-order valence-corrected chi connectivity index (χ2v) is 6.60. The minimum atomic E-state index is -0.130. The molecule has 0 aliphatic rings. The molecule has 0 saturated heterocycles. The Hall–Kier alpha value is -2.56. The van der Waals surface area contributed by atoms with Crippen LogP contribution >= 0.6 is 0 Å². The molecule has 0 aromatic heterocycles. The van der Waals surface area contributed by atoms with Crippen molar-refractivity contribution < 1.29 is 14.3 Å². The van der Waals surface area contributed by atoms with Crippen LogP contribution in [0, 0.1) is 0 Å². The highest BCUT2D eigenvalue weighted by atomic mass is 16.5. The van der Waals surface area contributed by atoms with E-state index < -0.39 is 0 Å². The predicted octanol–water partition coefficient (Wildman–Crippen LogP) is 3.63. The van der Waals surface area contributed by atoms with E-state index in [1.54, 1.807) is 32.0 Å². The fourth-order valence-corrected chi connectivity index (χ4v) is 2.21. The summed E-state index contributed by atoms with van der Waals surface area (Å²) in [6, 6.07) is 7.34. The van der Waals surface area contributed by atoms with Gasteiger partial charge in [-0.1, -0.05) is 30.9 Å². The Kier molecular flexibility index (Phi) is 9.20. The van der Waals surface area contributed by atoms with Crippen LogP contribution in [0.15, 0.2) is 42.7 Å². The van der Waals surface area contributed by atoms with E-state index >= 15 is 0 Å². The highest BCUT2D eigenvalue weighted by molar-refractivity contribution is 5.94. The van der Waals surface area contributed by atoms with E-state index in [2.05, 4.69) is 11.9 Å². The first-order valence-electron chi connectivity index (χ1n) is 8.85. The third-order valence-electron chi connectivity index (χ3n) is 3.68. The number of unbranched alkanes of at least 4 members (excludes halogenated alkanes) is 1. The summed E-state index contributed by atoms with van der Waals surface area (Å²) in [6.07, 6.45) is 6.19. The van der Waals surface area contributed by atoms with Crippen LogP contribution in [0.25, 0.3) is 6.08 Å². The van der Waals surface area contributed by atoms with E-state index in [1.165, 1.54) is 0 Å². The highest BCUT2D eigenvalue weighted by Gasteiger charge is 2.10. The molecule has 1 aromatic carbocycles. The van der Waals surface area contributed by atoms with Crippen LogP contribution < -0.4 is 5.32 Å². The van der Waals surface area contributed by atoms with E-state index in [-0.39, 0.29) is 17.9 Å². The topological polar surface area (TPSA) is 58.6 Å². The molecule has 0 heterocycles. The van der Waals surface area contributed by atoms with Crippen LogP contribution in [0.1, 0.15) is 49.0 Å². The lowest BCUT2D eigenvalue weighted by molar-refractivity contribution is -0.128. The second-order valence-electron chi connectivity index (χ2n) is 6.60. The SMILES string of the molecule is C=C(C)OCC(C)NC(=O)c1cccc(C=CCCCC(=O)N(C)C)c1. The predicted molar refractivity (Wildman–Crippen MR) is 106 cm³/mol. The lowest BCUT2D eigenvalue weighted by Crippen LogP contribution is -2.35. The van der Waals surface area contributed by atoms with Crippen LogP contribution in [-0.2, 0) is 9.53 Å². The van der Waals surface area contributed by atoms with Gasteiger partial charge in [0.25, 0.3) is 5.91 Å². The molecule has 1 rings (SSSR count). The summed E-state index contributed by atoms with van der Waals surface area (Å²) < 4.78 is 5.32. The van der Waals surface area contributed by atoms with Crippen LogP contribution in [0.4, 0.5) is 0 Å². The van der Waals surface area contributed by atoms with Gasteiger partial charge in [0.1, 0.15) is 6.61 Å². The maximum absolute atomic E-state index is 12.3. The quantitative estimate of drug-likeness (QED) is 0.513. The van der Waals surface area contributed by atoms with Gasteiger partial charge in [0.2, 0.25) is 5.91 Å². The number of ether oxygens (including phenoxy) is 1. The number of hydrogen-bond donors (Lipinski definition) is 1. The van der Waals surface area contributed by atoms with Gasteiger partial charge in [0.15, 0.2) is 0 Å². The zero-order valence-electron chi connectivity index (χ0n) is 16.2. The van der Waals surface area contributed by atoms with Crippen LogP contribution in [0.3, 0.4) is 0 Å². The molecule has 0 saturated carbocycles. The van der Waals surface area contributed by atoms with Gasteiger partial charge in [0.05, 0.1) is 11.8 Å². The smallest absolute Gasteiger partial charge is 0.251 e. The Morgan fingerprint density at radius 2 is 2.08 bits per heavy atom. The number of rotatable bonds is 10. The molecule has 2 amide bonds. The van der Waals surface area contributed by atoms with Crippen molar-refractivity contribution in [3.63, 3.8) is 0 Å². The van der Waals surface area contributed by atoms with Gasteiger partial charge in [-0.05, 0) is 44.4 Å². The third-order valence-corrected chi connectivity index (χ3v) is 3.68. The molecule has 1 atom stereocenters. The molecule has 26 heavy (non-hydrogen) atoms. The zero-order chi connectivity index (χ0) is 19.5. The molecule has 1 aromatic rings. The van der Waals surface area contributed by atoms with Crippen molar-refractivity contribution in [2.75, 3.05) is 20.7 Å². The first-order chi connectivity index (χ1) is 12.3. The van der Waals surface area contributed by atoms with Crippen molar-refractivity contribution in [1.82, 2.24) is 10.2 Å². The minimum absolute atomic E-state index is 0.104. The number of benzene rings is 1. The molecule has 0 aliphatic carbocycles. The number of amides is 2. The lowest BCUT2D eigenvalue weighted by atomic mass is 10.1. The largest absolute Gasteiger partial charge is 0.497 e. The minimum Gasteiger partial charge on any atom is -0.497 e. The summed E-state index contributed by atoms with van der Waals surface area (Å²) in [6.45, 7) is 7.73. The van der Waals surface area contributed by atoms with Crippen molar-refractivity contribution in [3.05, 3.63) is 53.8 Å². The van der Waals surface area contributed by atoms with Crippen molar-refractivity contribution >= 4 is 17.9 Å². The molecule has 5 heteroatoms. The monoisotopic (exact) mass is 358 g/mol. The van der Waals surface area contributed by atoms with Gasteiger partial charge in [-0.25, -0.2) is 0 Å². The zero-order valence-corrected chi connectivity index (χ0v) is 16.2. The summed E-state index contributed by atoms with van der Waals surface area (Å²) in [7, 11) is 3.53. The average molecular weight is 358 g/mol. The number of carbonyl (C=O) groups is 2. The summed E-state index contributed by atoms with van der Waals surface area (Å²) in [5, 5.41) is 2.91. The van der Waals surface area contributed by atoms with Crippen LogP contribution in [-0.4, -0.2) is 43.5 Å². The molecule has 5 nitrogen and oxygen atoms in total. The molecule has 0 bridgehead atoms. The third kappa shape index (κ3) is 8.51. The summed E-state index contributed by atoms with van der Waals surface area (Å²) in [5.41, 5.74) is 1.57. The number of nitrogens with one attached hydrogen (secondary N) is 1. The maximum Gasteiger partial charge on any atom is 0.251 e. The Labute approximate surface area is 156 Å². The Morgan fingerprint density at radius 1 is 1.35 bits per heavy atom. The summed E-state index contributed by atoms with van der Waals surface area (Å²) in [5.74, 6) is 0.641. The molecule has 0 aliphatic heterocycles. The fourth-order valence-electron chi connectivity index (χ4n) is 2.21. The molecule has 0 radical (unpaired) electrons. The van der Waals surface area contributed by atoms with Gasteiger partial charge in [-0.3, -0.25) is 9.59 Å². The molecule has 1 N–H and O–H groups in total. The fraction of sp³-hybridized carbons (Fsp3) is 0.429. The molecule has 0 spiro atoms. The van der Waals surface area contributed by atoms with Crippen LogP contribution in [0.5, 0.6) is 0 Å². The van der Waals surface area contributed by atoms with Gasteiger partial charge in [0, 0.05) is 26.1 Å². The number of hydrogen-bond acceptors (Lipinski definition) is 3. The van der Waals surface area contributed by atoms with Gasteiger partial charge in [-0.15, -0.1) is 0 Å². The first-order valence-corrected chi connectivity index (χ1v) is 8.85. The van der Waals surface area contributed by atoms with Gasteiger partial charge >= 0.3 is 0 Å². The van der Waals surface area contributed by atoms with Crippen molar-refractivity contribution in [1.29, 1.82) is 0 Å². The second kappa shape index (κ2) is 11.1. The Morgan fingerprint density at radius 3 is 2.73 bits per heavy atom. The molecule has 0 fully saturated rings. The first kappa shape index (κ1) is 21.5. The van der Waals surface area contributed by atoms with Gasteiger partial charge < -0.3 is 15.0 Å². The molecular formula is C21H30N2O3. The van der Waals surface area contributed by atoms with E-state index in [9.17, 15) is 9.59 Å². The van der Waals surface area contributed by atoms with Crippen LogP contribution in [0.2, 0.25) is 0 Å². The number of allylic oxidation sites excluding steroid dienone is 2. The van der Waals surface area contributed by atoms with Crippen molar-refractivity contribution in [2.45, 2.75) is 39.2 Å².